The van der Waals surface area contributed by atoms with Crippen LogP contribution >= 0.6 is 0 Å². The zero-order valence-corrected chi connectivity index (χ0v) is 8.39. The lowest BCUT2D eigenvalue weighted by atomic mass is 10.1. The molecule has 0 bridgehead atoms. The van der Waals surface area contributed by atoms with Gasteiger partial charge in [-0.3, -0.25) is 4.90 Å². The first-order valence-electron chi connectivity index (χ1n) is 4.65. The van der Waals surface area contributed by atoms with Gasteiger partial charge in [-0.15, -0.1) is 0 Å². The summed E-state index contributed by atoms with van der Waals surface area (Å²) in [4.78, 5) is 2.44. The maximum Gasteiger partial charge on any atom is 0.0753 e. The van der Waals surface area contributed by atoms with Gasteiger partial charge in [0.25, 0.3) is 0 Å². The third-order valence-electron chi connectivity index (χ3n) is 2.18. The van der Waals surface area contributed by atoms with E-state index in [1.807, 2.05) is 7.05 Å². The minimum Gasteiger partial charge on any atom is -0.373 e. The van der Waals surface area contributed by atoms with Gasteiger partial charge in [-0.2, -0.15) is 0 Å². The van der Waals surface area contributed by atoms with Gasteiger partial charge in [0.15, 0.2) is 0 Å². The highest BCUT2D eigenvalue weighted by Gasteiger charge is 2.26. The molecule has 3 nitrogen and oxygen atoms in total. The molecule has 72 valence electrons. The van der Waals surface area contributed by atoms with E-state index in [2.05, 4.69) is 24.1 Å². The normalized spacial score (nSPS) is 24.2. The summed E-state index contributed by atoms with van der Waals surface area (Å²) in [7, 11) is 1.99. The van der Waals surface area contributed by atoms with Crippen molar-refractivity contribution in [2.75, 3.05) is 39.8 Å². The summed E-state index contributed by atoms with van der Waals surface area (Å²) in [6.45, 7) is 9.49. The SMILES string of the molecule is CNCCN1CCOC(C)(C)C1. The first kappa shape index (κ1) is 9.96. The molecule has 1 aliphatic rings. The van der Waals surface area contributed by atoms with Crippen molar-refractivity contribution in [3.05, 3.63) is 0 Å². The fourth-order valence-electron chi connectivity index (χ4n) is 1.58. The van der Waals surface area contributed by atoms with Crippen LogP contribution in [0.2, 0.25) is 0 Å². The standard InChI is InChI=1S/C9H20N2O/c1-9(2)8-11(5-4-10-3)6-7-12-9/h10H,4-8H2,1-3H3. The lowest BCUT2D eigenvalue weighted by Gasteiger charge is -2.38. The predicted octanol–water partition coefficient (Wildman–Crippen LogP) is 0.317. The highest BCUT2D eigenvalue weighted by molar-refractivity contribution is 4.79. The summed E-state index contributed by atoms with van der Waals surface area (Å²) < 4.78 is 5.61. The molecule has 1 rings (SSSR count). The molecule has 1 N–H and O–H groups in total. The van der Waals surface area contributed by atoms with E-state index in [-0.39, 0.29) is 5.60 Å². The molecule has 1 saturated heterocycles. The van der Waals surface area contributed by atoms with Gasteiger partial charge >= 0.3 is 0 Å². The summed E-state index contributed by atoms with van der Waals surface area (Å²) >= 11 is 0. The summed E-state index contributed by atoms with van der Waals surface area (Å²) in [5.41, 5.74) is 0.0476. The molecule has 0 unspecified atom stereocenters. The topological polar surface area (TPSA) is 24.5 Å². The largest absolute Gasteiger partial charge is 0.373 e. The summed E-state index contributed by atoms with van der Waals surface area (Å²) in [5, 5.41) is 3.16. The fourth-order valence-corrected chi connectivity index (χ4v) is 1.58. The minimum atomic E-state index is 0.0476. The molecule has 1 heterocycles. The van der Waals surface area contributed by atoms with Gasteiger partial charge in [0.05, 0.1) is 12.2 Å². The van der Waals surface area contributed by atoms with Crippen molar-refractivity contribution in [3.8, 4) is 0 Å². The second-order valence-corrected chi connectivity index (χ2v) is 3.99. The van der Waals surface area contributed by atoms with Crippen LogP contribution in [-0.2, 0) is 4.74 Å². The zero-order valence-electron chi connectivity index (χ0n) is 8.39. The van der Waals surface area contributed by atoms with E-state index >= 15 is 0 Å². The number of hydrogen-bond donors (Lipinski definition) is 1. The van der Waals surface area contributed by atoms with Crippen LogP contribution in [0.15, 0.2) is 0 Å². The van der Waals surface area contributed by atoms with E-state index in [1.165, 1.54) is 0 Å². The molecule has 1 aliphatic heterocycles. The molecule has 0 aliphatic carbocycles. The van der Waals surface area contributed by atoms with Crippen LogP contribution in [0.4, 0.5) is 0 Å². The van der Waals surface area contributed by atoms with Gasteiger partial charge < -0.3 is 10.1 Å². The Bertz CT molecular complexity index is 136. The third-order valence-corrected chi connectivity index (χ3v) is 2.18. The van der Waals surface area contributed by atoms with Crippen LogP contribution in [0.25, 0.3) is 0 Å². The molecule has 1 fully saturated rings. The Morgan fingerprint density at radius 1 is 1.50 bits per heavy atom. The van der Waals surface area contributed by atoms with Crippen LogP contribution in [0, 0.1) is 0 Å². The van der Waals surface area contributed by atoms with Gasteiger partial charge in [0, 0.05) is 26.2 Å². The number of nitrogens with zero attached hydrogens (tertiary/aromatic N) is 1. The first-order chi connectivity index (χ1) is 5.64. The molecule has 0 amide bonds. The van der Waals surface area contributed by atoms with Crippen LogP contribution in [0.3, 0.4) is 0 Å². The molecular formula is C9H20N2O. The van der Waals surface area contributed by atoms with Crippen molar-refractivity contribution in [1.29, 1.82) is 0 Å². The monoisotopic (exact) mass is 172 g/mol. The Balaban J connectivity index is 2.26. The van der Waals surface area contributed by atoms with Crippen molar-refractivity contribution < 1.29 is 4.74 Å². The number of nitrogens with one attached hydrogen (secondary N) is 1. The van der Waals surface area contributed by atoms with Gasteiger partial charge in [-0.1, -0.05) is 0 Å². The Labute approximate surface area is 75.1 Å². The molecule has 0 aromatic rings. The first-order valence-corrected chi connectivity index (χ1v) is 4.65. The number of morpholine rings is 1. The number of rotatable bonds is 3. The van der Waals surface area contributed by atoms with E-state index < -0.39 is 0 Å². The maximum absolute atomic E-state index is 5.61. The summed E-state index contributed by atoms with van der Waals surface area (Å²) in [5.74, 6) is 0. The number of ether oxygens (including phenoxy) is 1. The molecule has 0 spiro atoms. The predicted molar refractivity (Wildman–Crippen MR) is 50.4 cm³/mol. The molecule has 0 aromatic heterocycles. The molecular weight excluding hydrogens is 152 g/mol. The number of hydrogen-bond acceptors (Lipinski definition) is 3. The van der Waals surface area contributed by atoms with Gasteiger partial charge in [-0.05, 0) is 20.9 Å². The lowest BCUT2D eigenvalue weighted by molar-refractivity contribution is -0.0853. The third kappa shape index (κ3) is 3.09. The van der Waals surface area contributed by atoms with E-state index in [1.54, 1.807) is 0 Å². The van der Waals surface area contributed by atoms with E-state index in [9.17, 15) is 0 Å². The average molecular weight is 172 g/mol. The van der Waals surface area contributed by atoms with Crippen LogP contribution < -0.4 is 5.32 Å². The second kappa shape index (κ2) is 4.21. The Morgan fingerprint density at radius 3 is 2.83 bits per heavy atom. The van der Waals surface area contributed by atoms with Crippen LogP contribution in [0.1, 0.15) is 13.8 Å². The smallest absolute Gasteiger partial charge is 0.0753 e. The van der Waals surface area contributed by atoms with Crippen LogP contribution in [0.5, 0.6) is 0 Å². The van der Waals surface area contributed by atoms with Gasteiger partial charge in [0.2, 0.25) is 0 Å². The molecule has 3 heteroatoms. The highest BCUT2D eigenvalue weighted by Crippen LogP contribution is 2.15. The lowest BCUT2D eigenvalue weighted by Crippen LogP contribution is -2.49. The van der Waals surface area contributed by atoms with Crippen molar-refractivity contribution in [3.63, 3.8) is 0 Å². The molecule has 0 atom stereocenters. The van der Waals surface area contributed by atoms with E-state index in [0.717, 1.165) is 32.8 Å². The minimum absolute atomic E-state index is 0.0476. The summed E-state index contributed by atoms with van der Waals surface area (Å²) in [6, 6.07) is 0. The molecule has 0 radical (unpaired) electrons. The Morgan fingerprint density at radius 2 is 2.25 bits per heavy atom. The van der Waals surface area contributed by atoms with Crippen molar-refractivity contribution in [1.82, 2.24) is 10.2 Å². The zero-order chi connectivity index (χ0) is 9.03. The van der Waals surface area contributed by atoms with Crippen molar-refractivity contribution >= 4 is 0 Å². The van der Waals surface area contributed by atoms with Crippen molar-refractivity contribution in [2.24, 2.45) is 0 Å². The molecule has 0 aromatic carbocycles. The quantitative estimate of drug-likeness (QED) is 0.663. The molecule has 12 heavy (non-hydrogen) atoms. The summed E-state index contributed by atoms with van der Waals surface area (Å²) in [6.07, 6.45) is 0. The average Bonchev–Trinajstić information content (AvgIpc) is 1.99. The maximum atomic E-state index is 5.61. The second-order valence-electron chi connectivity index (χ2n) is 3.99. The van der Waals surface area contributed by atoms with Crippen LogP contribution in [-0.4, -0.2) is 50.3 Å². The fraction of sp³-hybridized carbons (Fsp3) is 1.00. The van der Waals surface area contributed by atoms with Gasteiger partial charge in [0.1, 0.15) is 0 Å². The van der Waals surface area contributed by atoms with Gasteiger partial charge in [-0.25, -0.2) is 0 Å². The Kier molecular flexibility index (Phi) is 3.50. The molecule has 0 saturated carbocycles. The van der Waals surface area contributed by atoms with E-state index in [4.69, 9.17) is 4.74 Å². The van der Waals surface area contributed by atoms with Crippen molar-refractivity contribution in [2.45, 2.75) is 19.4 Å². The Hall–Kier alpha value is -0.120. The number of likely N-dealkylation sites (N-methyl/N-ethyl adjacent to an activating group) is 1. The highest BCUT2D eigenvalue weighted by atomic mass is 16.5. The van der Waals surface area contributed by atoms with E-state index in [0.29, 0.717) is 0 Å².